The molecular formula is C41H59N5O9S. The predicted octanol–water partition coefficient (Wildman–Crippen LogP) is 5.08. The van der Waals surface area contributed by atoms with Gasteiger partial charge in [0.05, 0.1) is 45.7 Å². The lowest BCUT2D eigenvalue weighted by Crippen LogP contribution is -2.56. The molecule has 2 fully saturated rings. The number of likely N-dealkylation sites (tertiary alicyclic amines) is 1. The number of hydrogen-bond donors (Lipinski definition) is 2. The Labute approximate surface area is 334 Å². The van der Waals surface area contributed by atoms with Gasteiger partial charge >= 0.3 is 6.09 Å². The van der Waals surface area contributed by atoms with E-state index in [-0.39, 0.29) is 30.3 Å². The van der Waals surface area contributed by atoms with Crippen molar-refractivity contribution in [1.82, 2.24) is 20.1 Å². The predicted molar refractivity (Wildman–Crippen MR) is 214 cm³/mol. The van der Waals surface area contributed by atoms with Gasteiger partial charge in [-0.3, -0.25) is 19.3 Å². The topological polar surface area (TPSA) is 172 Å². The molecule has 0 bridgehead atoms. The molecule has 15 heteroatoms. The van der Waals surface area contributed by atoms with Gasteiger partial charge in [-0.25, -0.2) is 9.78 Å². The van der Waals surface area contributed by atoms with Crippen LogP contribution in [0.2, 0.25) is 0 Å². The average molecular weight is 798 g/mol. The fraction of sp³-hybridized carbons (Fsp3) is 0.585. The van der Waals surface area contributed by atoms with E-state index in [0.29, 0.717) is 93.3 Å². The van der Waals surface area contributed by atoms with Crippen molar-refractivity contribution < 1.29 is 42.9 Å². The number of nitrogens with one attached hydrogen (secondary N) is 1. The average Bonchev–Trinajstić information content (AvgIpc) is 3.91. The molecule has 3 amide bonds. The zero-order valence-corrected chi connectivity index (χ0v) is 33.9. The summed E-state index contributed by atoms with van der Waals surface area (Å²) >= 11 is 1.36. The molecule has 1 aromatic carbocycles. The Morgan fingerprint density at radius 1 is 1.02 bits per heavy atom. The largest absolute Gasteiger partial charge is 0.491 e. The van der Waals surface area contributed by atoms with E-state index < -0.39 is 24.1 Å². The molecule has 4 rings (SSSR count). The van der Waals surface area contributed by atoms with Gasteiger partial charge < -0.3 is 39.6 Å². The Bertz CT molecular complexity index is 1610. The lowest BCUT2D eigenvalue weighted by molar-refractivity contribution is -0.140. The second-order valence-electron chi connectivity index (χ2n) is 14.0. The van der Waals surface area contributed by atoms with Crippen molar-refractivity contribution in [3.05, 3.63) is 70.2 Å². The number of rotatable bonds is 23. The highest BCUT2D eigenvalue weighted by Gasteiger charge is 2.41. The minimum absolute atomic E-state index is 0.00761. The van der Waals surface area contributed by atoms with E-state index in [1.807, 2.05) is 11.8 Å². The van der Waals surface area contributed by atoms with Crippen LogP contribution in [0.15, 0.2) is 53.9 Å². The van der Waals surface area contributed by atoms with Crippen LogP contribution in [0.3, 0.4) is 0 Å². The highest BCUT2D eigenvalue weighted by Crippen LogP contribution is 2.36. The number of likely N-dealkylation sites (N-methyl/N-ethyl adjacent to an activating group) is 1. The summed E-state index contributed by atoms with van der Waals surface area (Å²) in [5.41, 5.74) is 6.75. The molecule has 3 N–H and O–H groups in total. The Kier molecular flexibility index (Phi) is 18.9. The highest BCUT2D eigenvalue weighted by atomic mass is 32.1. The summed E-state index contributed by atoms with van der Waals surface area (Å²) in [6, 6.07) is 5.01. The number of nitrogens with zero attached hydrogens (tertiary/aromatic N) is 3. The smallest absolute Gasteiger partial charge is 0.410 e. The van der Waals surface area contributed by atoms with Crippen LogP contribution in [0.5, 0.6) is 5.75 Å². The number of carbonyl (C=O) groups is 4. The molecule has 1 aliphatic heterocycles. The maximum atomic E-state index is 14.4. The van der Waals surface area contributed by atoms with Gasteiger partial charge in [0.25, 0.3) is 0 Å². The monoisotopic (exact) mass is 797 g/mol. The first kappa shape index (κ1) is 44.6. The van der Waals surface area contributed by atoms with Gasteiger partial charge in [-0.2, -0.15) is 0 Å². The van der Waals surface area contributed by atoms with Crippen LogP contribution in [0, 0.1) is 5.92 Å². The van der Waals surface area contributed by atoms with Crippen molar-refractivity contribution in [2.24, 2.45) is 11.7 Å². The SMILES string of the molecule is C=C(/C=C\C)COC(=O)N(C)[C@@H](C)C(=O)N[C@H](C(=O)N1CCC[C@H]1c1nc(C(=O)c2cccc(OCCOCCOCCOCCN)c2)cs1)C1CCCCC1. The van der Waals surface area contributed by atoms with Crippen LogP contribution in [-0.4, -0.2) is 124 Å². The van der Waals surface area contributed by atoms with E-state index >= 15 is 0 Å². The third-order valence-electron chi connectivity index (χ3n) is 9.89. The molecule has 56 heavy (non-hydrogen) atoms. The van der Waals surface area contributed by atoms with Crippen molar-refractivity contribution in [1.29, 1.82) is 0 Å². The second-order valence-corrected chi connectivity index (χ2v) is 14.9. The molecule has 2 aromatic rings. The Morgan fingerprint density at radius 3 is 2.41 bits per heavy atom. The number of ether oxygens (including phenoxy) is 5. The second kappa shape index (κ2) is 23.8. The van der Waals surface area contributed by atoms with Crippen LogP contribution < -0.4 is 15.8 Å². The maximum Gasteiger partial charge on any atom is 0.410 e. The lowest BCUT2D eigenvalue weighted by atomic mass is 9.83. The highest BCUT2D eigenvalue weighted by molar-refractivity contribution is 7.10. The van der Waals surface area contributed by atoms with Crippen LogP contribution in [0.25, 0.3) is 0 Å². The van der Waals surface area contributed by atoms with Crippen LogP contribution in [0.1, 0.15) is 85.9 Å². The van der Waals surface area contributed by atoms with E-state index in [1.165, 1.54) is 23.3 Å². The van der Waals surface area contributed by atoms with Gasteiger partial charge in [0.1, 0.15) is 41.7 Å². The first-order valence-corrected chi connectivity index (χ1v) is 20.5. The van der Waals surface area contributed by atoms with Crippen molar-refractivity contribution in [3.63, 3.8) is 0 Å². The molecule has 2 aliphatic rings. The van der Waals surface area contributed by atoms with Crippen LogP contribution >= 0.6 is 11.3 Å². The Morgan fingerprint density at radius 2 is 1.71 bits per heavy atom. The summed E-state index contributed by atoms with van der Waals surface area (Å²) in [4.78, 5) is 62.1. The molecule has 0 spiro atoms. The molecule has 0 radical (unpaired) electrons. The molecule has 1 aliphatic carbocycles. The lowest BCUT2D eigenvalue weighted by Gasteiger charge is -2.35. The zero-order valence-electron chi connectivity index (χ0n) is 33.1. The van der Waals surface area contributed by atoms with Gasteiger partial charge in [-0.1, -0.05) is 50.1 Å². The van der Waals surface area contributed by atoms with Crippen molar-refractivity contribution in [3.8, 4) is 5.75 Å². The molecule has 0 unspecified atom stereocenters. The van der Waals surface area contributed by atoms with Gasteiger partial charge in [-0.05, 0) is 63.2 Å². The fourth-order valence-corrected chi connectivity index (χ4v) is 7.67. The van der Waals surface area contributed by atoms with E-state index in [0.717, 1.165) is 38.5 Å². The maximum absolute atomic E-state index is 14.4. The van der Waals surface area contributed by atoms with E-state index in [2.05, 4.69) is 11.9 Å². The molecule has 1 saturated carbocycles. The number of carbonyl (C=O) groups excluding carboxylic acids is 4. The van der Waals surface area contributed by atoms with E-state index in [1.54, 1.807) is 48.7 Å². The van der Waals surface area contributed by atoms with Gasteiger partial charge in [-0.15, -0.1) is 11.3 Å². The third kappa shape index (κ3) is 13.5. The molecule has 1 aromatic heterocycles. The number of nitrogens with two attached hydrogens (primary N) is 1. The van der Waals surface area contributed by atoms with Crippen molar-refractivity contribution >= 4 is 35.0 Å². The standard InChI is InChI=1S/C41H59N5O9S/c1-5-11-29(2)27-55-41(50)45(4)30(3)38(48)44-36(31-12-7-6-8-13-31)40(49)46-18-10-16-35(46)39-43-34(28-56-39)37(47)32-14-9-15-33(26-32)54-25-24-53-23-22-52-21-20-51-19-17-42/h5,9,11,14-15,26,28,30-31,35-36H,2,6-8,10,12-13,16-25,27,42H2,1,3-4H3,(H,44,48)/b11-5-/t30-,35-,36-/m0/s1. The minimum atomic E-state index is -0.876. The van der Waals surface area contributed by atoms with Crippen LogP contribution in [-0.2, 0) is 28.5 Å². The fourth-order valence-electron chi connectivity index (χ4n) is 6.73. The summed E-state index contributed by atoms with van der Waals surface area (Å²) in [7, 11) is 1.50. The molecule has 14 nitrogen and oxygen atoms in total. The van der Waals surface area contributed by atoms with E-state index in [4.69, 9.17) is 34.4 Å². The van der Waals surface area contributed by atoms with Gasteiger partial charge in [0.15, 0.2) is 0 Å². The molecular weight excluding hydrogens is 739 g/mol. The first-order chi connectivity index (χ1) is 27.1. The Hall–Kier alpha value is -4.15. The quantitative estimate of drug-likeness (QED) is 0.0873. The number of amides is 3. The number of thiazole rings is 1. The van der Waals surface area contributed by atoms with Gasteiger partial charge in [0.2, 0.25) is 17.6 Å². The summed E-state index contributed by atoms with van der Waals surface area (Å²) < 4.78 is 27.4. The number of ketones is 1. The van der Waals surface area contributed by atoms with Crippen molar-refractivity contribution in [2.75, 3.05) is 73.0 Å². The number of benzene rings is 1. The molecule has 2 heterocycles. The summed E-state index contributed by atoms with van der Waals surface area (Å²) in [5.74, 6) is -0.323. The Balaban J connectivity index is 1.34. The molecule has 308 valence electrons. The summed E-state index contributed by atoms with van der Waals surface area (Å²) in [5, 5.41) is 5.45. The van der Waals surface area contributed by atoms with E-state index in [9.17, 15) is 19.2 Å². The van der Waals surface area contributed by atoms with Crippen LogP contribution in [0.4, 0.5) is 4.79 Å². The number of allylic oxidation sites excluding steroid dienone is 1. The number of aromatic nitrogens is 1. The zero-order chi connectivity index (χ0) is 40.3. The number of hydrogen-bond acceptors (Lipinski definition) is 12. The minimum Gasteiger partial charge on any atom is -0.491 e. The third-order valence-corrected chi connectivity index (χ3v) is 10.8. The summed E-state index contributed by atoms with van der Waals surface area (Å²) in [6.07, 6.45) is 9.05. The normalized spacial score (nSPS) is 17.1. The summed E-state index contributed by atoms with van der Waals surface area (Å²) in [6.45, 7) is 11.3. The molecule has 1 saturated heterocycles. The first-order valence-electron chi connectivity index (χ1n) is 19.6. The van der Waals surface area contributed by atoms with Crippen molar-refractivity contribution in [2.45, 2.75) is 76.9 Å². The van der Waals surface area contributed by atoms with Gasteiger partial charge in [0, 0.05) is 31.1 Å². The molecule has 3 atom stereocenters.